The SMILES string of the molecule is COCCOC(=O)Nc1cccc(NC(=O)c2ccc(=O)n(CCOc3ccccc3)n2)c1. The molecule has 2 aromatic carbocycles. The molecule has 2 N–H and O–H groups in total. The average Bonchev–Trinajstić information content (AvgIpc) is 2.81. The molecule has 0 aliphatic carbocycles. The van der Waals surface area contributed by atoms with Crippen LogP contribution in [-0.2, 0) is 16.0 Å². The third kappa shape index (κ3) is 7.47. The number of anilines is 2. The van der Waals surface area contributed by atoms with E-state index in [9.17, 15) is 14.4 Å². The number of para-hydroxylation sites is 1. The Morgan fingerprint density at radius 2 is 1.67 bits per heavy atom. The molecule has 0 saturated heterocycles. The van der Waals surface area contributed by atoms with Gasteiger partial charge < -0.3 is 19.5 Å². The molecule has 0 atom stereocenters. The number of ether oxygens (including phenoxy) is 3. The summed E-state index contributed by atoms with van der Waals surface area (Å²) < 4.78 is 16.5. The summed E-state index contributed by atoms with van der Waals surface area (Å²) in [4.78, 5) is 36.5. The van der Waals surface area contributed by atoms with E-state index >= 15 is 0 Å². The lowest BCUT2D eigenvalue weighted by Crippen LogP contribution is -2.28. The highest BCUT2D eigenvalue weighted by molar-refractivity contribution is 6.03. The highest BCUT2D eigenvalue weighted by atomic mass is 16.6. The molecule has 2 amide bonds. The van der Waals surface area contributed by atoms with E-state index in [-0.39, 0.29) is 37.6 Å². The number of nitrogens with zero attached hydrogens (tertiary/aromatic N) is 2. The maximum atomic E-state index is 12.6. The van der Waals surface area contributed by atoms with Crippen LogP contribution in [0.3, 0.4) is 0 Å². The molecule has 0 saturated carbocycles. The topological polar surface area (TPSA) is 121 Å². The highest BCUT2D eigenvalue weighted by Gasteiger charge is 2.11. The van der Waals surface area contributed by atoms with E-state index in [4.69, 9.17) is 14.2 Å². The Morgan fingerprint density at radius 3 is 2.42 bits per heavy atom. The Labute approximate surface area is 190 Å². The van der Waals surface area contributed by atoms with Crippen LogP contribution in [0.25, 0.3) is 0 Å². The molecule has 0 unspecified atom stereocenters. The van der Waals surface area contributed by atoms with Gasteiger partial charge in [-0.15, -0.1) is 0 Å². The number of rotatable bonds is 10. The molecule has 0 aliphatic heterocycles. The fraction of sp³-hybridized carbons (Fsp3) is 0.217. The number of hydrogen-bond acceptors (Lipinski definition) is 7. The van der Waals surface area contributed by atoms with E-state index < -0.39 is 12.0 Å². The zero-order chi connectivity index (χ0) is 23.5. The second-order valence-corrected chi connectivity index (χ2v) is 6.73. The molecule has 3 aromatic rings. The van der Waals surface area contributed by atoms with Gasteiger partial charge in [-0.3, -0.25) is 14.9 Å². The minimum absolute atomic E-state index is 0.0617. The van der Waals surface area contributed by atoms with Crippen molar-refractivity contribution in [3.05, 3.63) is 82.8 Å². The molecule has 172 valence electrons. The van der Waals surface area contributed by atoms with Gasteiger partial charge in [0.2, 0.25) is 0 Å². The van der Waals surface area contributed by atoms with Crippen molar-refractivity contribution < 1.29 is 23.8 Å². The number of nitrogens with one attached hydrogen (secondary N) is 2. The first-order valence-corrected chi connectivity index (χ1v) is 10.2. The van der Waals surface area contributed by atoms with Crippen molar-refractivity contribution in [2.75, 3.05) is 37.6 Å². The van der Waals surface area contributed by atoms with Gasteiger partial charge in [0.1, 0.15) is 24.7 Å². The third-order valence-corrected chi connectivity index (χ3v) is 4.30. The van der Waals surface area contributed by atoms with Gasteiger partial charge in [0.15, 0.2) is 0 Å². The molecule has 0 bridgehead atoms. The van der Waals surface area contributed by atoms with Crippen LogP contribution in [0.4, 0.5) is 16.2 Å². The summed E-state index contributed by atoms with van der Waals surface area (Å²) in [5.41, 5.74) is 0.584. The first-order chi connectivity index (χ1) is 16.0. The fourth-order valence-corrected chi connectivity index (χ4v) is 2.74. The molecule has 10 nitrogen and oxygen atoms in total. The van der Waals surface area contributed by atoms with Gasteiger partial charge in [0.05, 0.1) is 13.2 Å². The Balaban J connectivity index is 1.59. The molecule has 0 spiro atoms. The van der Waals surface area contributed by atoms with Crippen LogP contribution in [0.15, 0.2) is 71.5 Å². The fourth-order valence-electron chi connectivity index (χ4n) is 2.74. The number of hydrogen-bond donors (Lipinski definition) is 2. The number of carbonyl (C=O) groups is 2. The lowest BCUT2D eigenvalue weighted by Gasteiger charge is -2.10. The van der Waals surface area contributed by atoms with E-state index in [2.05, 4.69) is 15.7 Å². The standard InChI is InChI=1S/C23H24N4O6/c1-31-14-15-33-23(30)25-18-7-5-6-17(16-18)24-22(29)20-10-11-21(28)27(26-20)12-13-32-19-8-3-2-4-9-19/h2-11,16H,12-15H2,1H3,(H,24,29)(H,25,30). The van der Waals surface area contributed by atoms with Crippen LogP contribution in [-0.4, -0.2) is 48.7 Å². The zero-order valence-corrected chi connectivity index (χ0v) is 18.0. The molecule has 3 rings (SSSR count). The first kappa shape index (κ1) is 23.5. The molecule has 1 aromatic heterocycles. The summed E-state index contributed by atoms with van der Waals surface area (Å²) in [6.45, 7) is 0.809. The molecule has 0 radical (unpaired) electrons. The van der Waals surface area contributed by atoms with Gasteiger partial charge in [-0.05, 0) is 36.4 Å². The Bertz CT molecular complexity index is 1130. The van der Waals surface area contributed by atoms with Gasteiger partial charge in [0.25, 0.3) is 11.5 Å². The minimum atomic E-state index is -0.637. The van der Waals surface area contributed by atoms with Crippen molar-refractivity contribution in [1.82, 2.24) is 9.78 Å². The van der Waals surface area contributed by atoms with Crippen LogP contribution < -0.4 is 20.9 Å². The van der Waals surface area contributed by atoms with E-state index in [0.29, 0.717) is 17.1 Å². The average molecular weight is 452 g/mol. The van der Waals surface area contributed by atoms with Crippen LogP contribution in [0.2, 0.25) is 0 Å². The molecule has 33 heavy (non-hydrogen) atoms. The summed E-state index contributed by atoms with van der Waals surface area (Å²) in [5, 5.41) is 9.38. The molecular weight excluding hydrogens is 428 g/mol. The van der Waals surface area contributed by atoms with Crippen LogP contribution >= 0.6 is 0 Å². The second-order valence-electron chi connectivity index (χ2n) is 6.73. The summed E-state index contributed by atoms with van der Waals surface area (Å²) in [6.07, 6.45) is -0.637. The van der Waals surface area contributed by atoms with Gasteiger partial charge in [0, 0.05) is 24.6 Å². The molecule has 0 fully saturated rings. The summed E-state index contributed by atoms with van der Waals surface area (Å²) in [6, 6.07) is 18.3. The van der Waals surface area contributed by atoms with Gasteiger partial charge in [-0.1, -0.05) is 24.3 Å². The largest absolute Gasteiger partial charge is 0.492 e. The minimum Gasteiger partial charge on any atom is -0.492 e. The van der Waals surface area contributed by atoms with Gasteiger partial charge in [-0.2, -0.15) is 5.10 Å². The zero-order valence-electron chi connectivity index (χ0n) is 18.0. The summed E-state index contributed by atoms with van der Waals surface area (Å²) in [5.74, 6) is 0.170. The third-order valence-electron chi connectivity index (χ3n) is 4.30. The van der Waals surface area contributed by atoms with Crippen molar-refractivity contribution in [3.8, 4) is 5.75 Å². The van der Waals surface area contributed by atoms with Crippen molar-refractivity contribution in [2.24, 2.45) is 0 Å². The van der Waals surface area contributed by atoms with E-state index in [1.807, 2.05) is 30.3 Å². The second kappa shape index (κ2) is 12.0. The maximum Gasteiger partial charge on any atom is 0.411 e. The Morgan fingerprint density at radius 1 is 0.909 bits per heavy atom. The predicted octanol–water partition coefficient (Wildman–Crippen LogP) is 2.77. The van der Waals surface area contributed by atoms with Gasteiger partial charge in [-0.25, -0.2) is 9.48 Å². The maximum absolute atomic E-state index is 12.6. The quantitative estimate of drug-likeness (QED) is 0.454. The van der Waals surface area contributed by atoms with Crippen molar-refractivity contribution >= 4 is 23.4 Å². The van der Waals surface area contributed by atoms with Crippen molar-refractivity contribution in [1.29, 1.82) is 0 Å². The van der Waals surface area contributed by atoms with Gasteiger partial charge >= 0.3 is 6.09 Å². The normalized spacial score (nSPS) is 10.3. The lowest BCUT2D eigenvalue weighted by atomic mass is 10.2. The Kier molecular flexibility index (Phi) is 8.55. The summed E-state index contributed by atoms with van der Waals surface area (Å²) >= 11 is 0. The first-order valence-electron chi connectivity index (χ1n) is 10.2. The van der Waals surface area contributed by atoms with Crippen molar-refractivity contribution in [2.45, 2.75) is 6.54 Å². The van der Waals surface area contributed by atoms with Crippen molar-refractivity contribution in [3.63, 3.8) is 0 Å². The summed E-state index contributed by atoms with van der Waals surface area (Å²) in [7, 11) is 1.51. The smallest absolute Gasteiger partial charge is 0.411 e. The Hall–Kier alpha value is -4.18. The van der Waals surface area contributed by atoms with Crippen LogP contribution in [0.5, 0.6) is 5.75 Å². The monoisotopic (exact) mass is 452 g/mol. The molecular formula is C23H24N4O6. The molecule has 0 aliphatic rings. The number of amides is 2. The number of benzene rings is 2. The molecule has 10 heteroatoms. The predicted molar refractivity (Wildman–Crippen MR) is 122 cm³/mol. The highest BCUT2D eigenvalue weighted by Crippen LogP contribution is 2.16. The lowest BCUT2D eigenvalue weighted by molar-refractivity contribution is 0.101. The van der Waals surface area contributed by atoms with E-state index in [1.165, 1.54) is 23.9 Å². The van der Waals surface area contributed by atoms with Crippen LogP contribution in [0, 0.1) is 0 Å². The molecule has 1 heterocycles. The van der Waals surface area contributed by atoms with E-state index in [0.717, 1.165) is 0 Å². The number of carbonyl (C=O) groups excluding carboxylic acids is 2. The number of methoxy groups -OCH3 is 1. The van der Waals surface area contributed by atoms with Crippen LogP contribution in [0.1, 0.15) is 10.5 Å². The number of aromatic nitrogens is 2. The van der Waals surface area contributed by atoms with E-state index in [1.54, 1.807) is 24.3 Å².